The highest BCUT2D eigenvalue weighted by atomic mass is 16.5. The molecule has 0 saturated carbocycles. The van der Waals surface area contributed by atoms with Crippen molar-refractivity contribution in [3.8, 4) is 0 Å². The molecule has 0 bridgehead atoms. The highest BCUT2D eigenvalue weighted by molar-refractivity contribution is 5.76. The van der Waals surface area contributed by atoms with Gasteiger partial charge in [0.2, 0.25) is 0 Å². The first-order valence-corrected chi connectivity index (χ1v) is 4.49. The number of methoxy groups -OCH3 is 1. The van der Waals surface area contributed by atoms with Crippen molar-refractivity contribution in [1.29, 1.82) is 0 Å². The molecule has 1 N–H and O–H groups in total. The lowest BCUT2D eigenvalue weighted by molar-refractivity contribution is -0.118. The molecule has 1 rings (SSSR count). The van der Waals surface area contributed by atoms with E-state index in [-0.39, 0.29) is 17.9 Å². The van der Waals surface area contributed by atoms with Crippen LogP contribution < -0.4 is 5.32 Å². The lowest BCUT2D eigenvalue weighted by Gasteiger charge is -2.30. The number of ether oxygens (including phenoxy) is 1. The summed E-state index contributed by atoms with van der Waals surface area (Å²) in [6, 6.07) is 0.237. The van der Waals surface area contributed by atoms with E-state index in [1.54, 1.807) is 14.0 Å². The summed E-state index contributed by atoms with van der Waals surface area (Å²) in [7, 11) is 1.71. The first-order valence-electron chi connectivity index (χ1n) is 4.49. The van der Waals surface area contributed by atoms with Gasteiger partial charge in [-0.3, -0.25) is 4.79 Å². The van der Waals surface area contributed by atoms with E-state index < -0.39 is 0 Å². The van der Waals surface area contributed by atoms with Gasteiger partial charge < -0.3 is 10.1 Å². The molecule has 0 aromatic carbocycles. The van der Waals surface area contributed by atoms with E-state index in [9.17, 15) is 4.79 Å². The third-order valence-corrected chi connectivity index (χ3v) is 2.33. The molecule has 1 fully saturated rings. The van der Waals surface area contributed by atoms with E-state index in [2.05, 4.69) is 5.32 Å². The van der Waals surface area contributed by atoms with Gasteiger partial charge in [0, 0.05) is 19.6 Å². The van der Waals surface area contributed by atoms with Crippen molar-refractivity contribution in [3.05, 3.63) is 0 Å². The molecule has 1 saturated heterocycles. The molecule has 3 nitrogen and oxygen atoms in total. The molecule has 0 amide bonds. The second-order valence-corrected chi connectivity index (χ2v) is 3.38. The van der Waals surface area contributed by atoms with Crippen molar-refractivity contribution in [2.24, 2.45) is 0 Å². The Morgan fingerprint density at radius 2 is 2.42 bits per heavy atom. The number of carbonyl (C=O) groups is 1. The zero-order valence-electron chi connectivity index (χ0n) is 7.80. The fraction of sp³-hybridized carbons (Fsp3) is 0.889. The maximum absolute atomic E-state index is 10.9. The molecule has 2 atom stereocenters. The van der Waals surface area contributed by atoms with E-state index in [1.807, 2.05) is 0 Å². The standard InChI is InChI=1S/C9H17NO2/c1-7(11)6-8-9(12-2)4-3-5-10-8/h8-10H,3-6H2,1-2H3/t8-,9+/m0/s1. The van der Waals surface area contributed by atoms with Crippen molar-refractivity contribution in [3.63, 3.8) is 0 Å². The monoisotopic (exact) mass is 171 g/mol. The largest absolute Gasteiger partial charge is 0.380 e. The van der Waals surface area contributed by atoms with Crippen LogP contribution in [0, 0.1) is 0 Å². The van der Waals surface area contributed by atoms with Crippen LogP contribution in [0.5, 0.6) is 0 Å². The van der Waals surface area contributed by atoms with Crippen LogP contribution in [0.25, 0.3) is 0 Å². The van der Waals surface area contributed by atoms with Gasteiger partial charge >= 0.3 is 0 Å². The van der Waals surface area contributed by atoms with Gasteiger partial charge in [-0.15, -0.1) is 0 Å². The van der Waals surface area contributed by atoms with Crippen LogP contribution in [0.4, 0.5) is 0 Å². The van der Waals surface area contributed by atoms with Crippen LogP contribution in [0.1, 0.15) is 26.2 Å². The summed E-state index contributed by atoms with van der Waals surface area (Å²) >= 11 is 0. The molecular formula is C9H17NO2. The van der Waals surface area contributed by atoms with E-state index in [0.29, 0.717) is 6.42 Å². The topological polar surface area (TPSA) is 38.3 Å². The Morgan fingerprint density at radius 3 is 3.00 bits per heavy atom. The molecule has 1 aliphatic heterocycles. The Kier molecular flexibility index (Phi) is 3.69. The average molecular weight is 171 g/mol. The molecule has 1 aliphatic rings. The van der Waals surface area contributed by atoms with Crippen LogP contribution in [0.2, 0.25) is 0 Å². The molecule has 0 spiro atoms. The van der Waals surface area contributed by atoms with E-state index in [1.165, 1.54) is 0 Å². The number of rotatable bonds is 3. The Hall–Kier alpha value is -0.410. The fourth-order valence-corrected chi connectivity index (χ4v) is 1.72. The van der Waals surface area contributed by atoms with Gasteiger partial charge in [0.1, 0.15) is 5.78 Å². The molecule has 3 heteroatoms. The van der Waals surface area contributed by atoms with Gasteiger partial charge in [0.05, 0.1) is 6.10 Å². The van der Waals surface area contributed by atoms with Crippen molar-refractivity contribution in [2.75, 3.05) is 13.7 Å². The predicted molar refractivity (Wildman–Crippen MR) is 47.1 cm³/mol. The predicted octanol–water partition coefficient (Wildman–Crippen LogP) is 0.732. The number of nitrogens with one attached hydrogen (secondary N) is 1. The van der Waals surface area contributed by atoms with Gasteiger partial charge in [-0.2, -0.15) is 0 Å². The average Bonchev–Trinajstić information content (AvgIpc) is 2.04. The third-order valence-electron chi connectivity index (χ3n) is 2.33. The Labute approximate surface area is 73.5 Å². The number of hydrogen-bond donors (Lipinski definition) is 1. The first kappa shape index (κ1) is 9.68. The normalized spacial score (nSPS) is 30.2. The minimum Gasteiger partial charge on any atom is -0.380 e. The van der Waals surface area contributed by atoms with E-state index >= 15 is 0 Å². The third kappa shape index (κ3) is 2.57. The summed E-state index contributed by atoms with van der Waals surface area (Å²) in [5.41, 5.74) is 0. The Morgan fingerprint density at radius 1 is 1.67 bits per heavy atom. The minimum atomic E-state index is 0.225. The van der Waals surface area contributed by atoms with Crippen molar-refractivity contribution < 1.29 is 9.53 Å². The number of hydrogen-bond acceptors (Lipinski definition) is 3. The Balaban J connectivity index is 2.41. The summed E-state index contributed by atoms with van der Waals surface area (Å²) in [6.45, 7) is 2.64. The molecule has 12 heavy (non-hydrogen) atoms. The molecule has 0 radical (unpaired) electrons. The number of Topliss-reactive ketones (excluding diaryl/α,β-unsaturated/α-hetero) is 1. The summed E-state index contributed by atoms with van der Waals surface area (Å²) in [6.07, 6.45) is 3.04. The van der Waals surface area contributed by atoms with Crippen molar-refractivity contribution >= 4 is 5.78 Å². The van der Waals surface area contributed by atoms with Crippen LogP contribution in [0.15, 0.2) is 0 Å². The van der Waals surface area contributed by atoms with Crippen LogP contribution in [-0.4, -0.2) is 31.6 Å². The lowest BCUT2D eigenvalue weighted by atomic mass is 9.97. The van der Waals surface area contributed by atoms with Gasteiger partial charge in [-0.05, 0) is 26.3 Å². The number of carbonyl (C=O) groups excluding carboxylic acids is 1. The van der Waals surface area contributed by atoms with Crippen LogP contribution in [0.3, 0.4) is 0 Å². The van der Waals surface area contributed by atoms with Gasteiger partial charge in [0.25, 0.3) is 0 Å². The summed E-state index contributed by atoms with van der Waals surface area (Å²) < 4.78 is 5.29. The first-order chi connectivity index (χ1) is 5.74. The SMILES string of the molecule is CO[C@@H]1CCCN[C@H]1CC(C)=O. The molecule has 0 unspecified atom stereocenters. The van der Waals surface area contributed by atoms with E-state index in [4.69, 9.17) is 4.74 Å². The summed E-state index contributed by atoms with van der Waals surface area (Å²) in [5, 5.41) is 3.31. The molecule has 0 aliphatic carbocycles. The minimum absolute atomic E-state index is 0.225. The Bertz CT molecular complexity index is 159. The number of ketones is 1. The highest BCUT2D eigenvalue weighted by Crippen LogP contribution is 2.14. The summed E-state index contributed by atoms with van der Waals surface area (Å²) in [4.78, 5) is 10.9. The van der Waals surface area contributed by atoms with Crippen molar-refractivity contribution in [2.45, 2.75) is 38.3 Å². The molecule has 0 aromatic rings. The van der Waals surface area contributed by atoms with Crippen LogP contribution in [-0.2, 0) is 9.53 Å². The molecule has 0 aromatic heterocycles. The van der Waals surface area contributed by atoms with Gasteiger partial charge in [-0.25, -0.2) is 0 Å². The number of piperidine rings is 1. The van der Waals surface area contributed by atoms with Gasteiger partial charge in [0.15, 0.2) is 0 Å². The second-order valence-electron chi connectivity index (χ2n) is 3.38. The van der Waals surface area contributed by atoms with Crippen molar-refractivity contribution in [1.82, 2.24) is 5.32 Å². The lowest BCUT2D eigenvalue weighted by Crippen LogP contribution is -2.46. The van der Waals surface area contributed by atoms with Crippen LogP contribution >= 0.6 is 0 Å². The quantitative estimate of drug-likeness (QED) is 0.680. The molecular weight excluding hydrogens is 154 g/mol. The molecule has 1 heterocycles. The fourth-order valence-electron chi connectivity index (χ4n) is 1.72. The maximum atomic E-state index is 10.9. The second kappa shape index (κ2) is 4.58. The van der Waals surface area contributed by atoms with E-state index in [0.717, 1.165) is 19.4 Å². The zero-order valence-corrected chi connectivity index (χ0v) is 7.80. The maximum Gasteiger partial charge on any atom is 0.131 e. The van der Waals surface area contributed by atoms with Gasteiger partial charge in [-0.1, -0.05) is 0 Å². The summed E-state index contributed by atoms with van der Waals surface area (Å²) in [5.74, 6) is 0.233. The zero-order chi connectivity index (χ0) is 8.97. The smallest absolute Gasteiger partial charge is 0.131 e. The highest BCUT2D eigenvalue weighted by Gasteiger charge is 2.24. The molecule has 70 valence electrons.